The third-order valence-corrected chi connectivity index (χ3v) is 39.3. The van der Waals surface area contributed by atoms with E-state index in [9.17, 15) is 0 Å². The van der Waals surface area contributed by atoms with Gasteiger partial charge in [0.1, 0.15) is 23.0 Å². The zero-order valence-corrected chi connectivity index (χ0v) is 71.5. The van der Waals surface area contributed by atoms with Crippen molar-refractivity contribution in [3.63, 3.8) is 0 Å². The molecule has 0 saturated carbocycles. The highest BCUT2D eigenvalue weighted by molar-refractivity contribution is 7.09. The lowest BCUT2D eigenvalue weighted by molar-refractivity contribution is 0.558. The maximum atomic E-state index is 8.07. The number of hydrogen-bond acceptors (Lipinski definition) is 4. The summed E-state index contributed by atoms with van der Waals surface area (Å²) in [5.41, 5.74) is 13.6. The summed E-state index contributed by atoms with van der Waals surface area (Å²) < 4.78 is 32.3. The van der Waals surface area contributed by atoms with E-state index in [2.05, 4.69) is 468 Å². The second-order valence-electron chi connectivity index (χ2n) is 31.1. The van der Waals surface area contributed by atoms with Gasteiger partial charge < -0.3 is 17.7 Å². The zero-order chi connectivity index (χ0) is 79.6. The first-order valence-electron chi connectivity index (χ1n) is 40.7. The van der Waals surface area contributed by atoms with Crippen molar-refractivity contribution >= 4 is 95.5 Å². The minimum Gasteiger partial charge on any atom is -0.530 e. The fraction of sp³-hybridized carbons (Fsp3) is 0.111. The zero-order valence-electron chi connectivity index (χ0n) is 67.5. The van der Waals surface area contributed by atoms with Crippen molar-refractivity contribution in [2.24, 2.45) is 0 Å². The van der Waals surface area contributed by atoms with Crippen LogP contribution >= 0.6 is 0 Å². The van der Waals surface area contributed by atoms with Gasteiger partial charge >= 0.3 is 33.3 Å². The summed E-state index contributed by atoms with van der Waals surface area (Å²) in [6, 6.07) is 151. The molecule has 8 heteroatoms. The summed E-state index contributed by atoms with van der Waals surface area (Å²) in [6.07, 6.45) is 1.56. The molecule has 16 aromatic carbocycles. The first kappa shape index (κ1) is 77.5. The first-order valence-corrected chi connectivity index (χ1v) is 48.3. The van der Waals surface area contributed by atoms with Gasteiger partial charge in [-0.05, 0) is 197 Å². The maximum Gasteiger partial charge on any atom is 0.346 e. The van der Waals surface area contributed by atoms with Crippen LogP contribution in [0.25, 0.3) is 0 Å². The minimum absolute atomic E-state index is 0.104. The molecule has 0 spiro atoms. The van der Waals surface area contributed by atoms with Crippen LogP contribution in [-0.4, -0.2) is 33.3 Å². The summed E-state index contributed by atoms with van der Waals surface area (Å²) in [7, 11) is -13.0. The largest absolute Gasteiger partial charge is 0.530 e. The molecule has 0 unspecified atom stereocenters. The number of rotatable bonds is 27. The molecule has 0 radical (unpaired) electrons. The Morgan fingerprint density at radius 3 is 0.371 bits per heavy atom. The molecular weight excluding hydrogens is 1470 g/mol. The normalized spacial score (nSPS) is 11.8. The molecule has 0 amide bonds. The van der Waals surface area contributed by atoms with Gasteiger partial charge in [-0.2, -0.15) is 0 Å². The standard InChI is InChI=1S/C108H98O4Si4/c1-79-71-87(72-80(2)105(79)109-113(91-45-21-9-22-46-91,92-47-23-10-24-48-92)93-49-25-11-26-50-93)103(88-73-81(3)106(82(4)74-88)110-114(94-51-27-12-28-52-94,95-53-29-13-30-54-95)96-55-31-14-32-56-96)69-70-104(89-75-83(5)107(84(6)76-89)111-115(97-57-33-15-34-58-97,98-59-35-16-36-60-98)99-61-37-17-38-62-99)90-77-85(7)108(86(8)78-90)112-116(100-63-39-18-40-64-100,101-65-41-19-42-66-101)102-67-43-20-44-68-102/h9-68,71-78,103-104H,69-70H2,1-8H3. The summed E-state index contributed by atoms with van der Waals surface area (Å²) in [6.45, 7) is 18.1. The summed E-state index contributed by atoms with van der Waals surface area (Å²) in [4.78, 5) is 0. The predicted molar refractivity (Wildman–Crippen MR) is 495 cm³/mol. The van der Waals surface area contributed by atoms with Gasteiger partial charge in [0, 0.05) is 11.8 Å². The molecule has 0 bridgehead atoms. The Hall–Kier alpha value is -12.4. The van der Waals surface area contributed by atoms with Crippen molar-refractivity contribution in [2.75, 3.05) is 0 Å². The third kappa shape index (κ3) is 15.1. The summed E-state index contributed by atoms with van der Waals surface area (Å²) >= 11 is 0. The lowest BCUT2D eigenvalue weighted by Gasteiger charge is -2.36. The third-order valence-electron chi connectivity index (χ3n) is 23.5. The van der Waals surface area contributed by atoms with Gasteiger partial charge in [0.05, 0.1) is 0 Å². The molecule has 16 aromatic rings. The number of benzene rings is 16. The van der Waals surface area contributed by atoms with E-state index in [1.54, 1.807) is 0 Å². The van der Waals surface area contributed by atoms with Crippen molar-refractivity contribution in [3.05, 3.63) is 479 Å². The fourth-order valence-electron chi connectivity index (χ4n) is 18.2. The average molecular weight is 1570 g/mol. The van der Waals surface area contributed by atoms with Gasteiger partial charge in [-0.1, -0.05) is 413 Å². The Morgan fingerprint density at radius 2 is 0.267 bits per heavy atom. The van der Waals surface area contributed by atoms with E-state index in [1.165, 1.54) is 84.5 Å². The van der Waals surface area contributed by atoms with E-state index in [0.717, 1.165) is 80.3 Å². The Bertz CT molecular complexity index is 4750. The lowest BCUT2D eigenvalue weighted by atomic mass is 9.78. The molecule has 0 aliphatic rings. The highest BCUT2D eigenvalue weighted by Crippen LogP contribution is 2.44. The molecule has 0 saturated heterocycles. The Balaban J connectivity index is 0.879. The SMILES string of the molecule is Cc1cc(C(CCC(c2cc(C)c(O[Si](c3ccccc3)(c3ccccc3)c3ccccc3)c(C)c2)c2cc(C)c(O[Si](c3ccccc3)(c3ccccc3)c3ccccc3)c(C)c2)c2cc(C)c(O[Si](c3ccccc3)(c3ccccc3)c3ccccc3)c(C)c2)cc(C)c1O[Si](c1ccccc1)(c1ccccc1)c1ccccc1. The van der Waals surface area contributed by atoms with Gasteiger partial charge in [-0.15, -0.1) is 0 Å². The molecule has 0 aliphatic heterocycles. The molecule has 16 rings (SSSR count). The van der Waals surface area contributed by atoms with Crippen LogP contribution in [0.15, 0.2) is 413 Å². The van der Waals surface area contributed by atoms with Crippen LogP contribution in [-0.2, 0) is 0 Å². The predicted octanol–water partition coefficient (Wildman–Crippen LogP) is 18.1. The second kappa shape index (κ2) is 34.3. The Labute approximate surface area is 690 Å². The molecule has 0 aromatic heterocycles. The summed E-state index contributed by atoms with van der Waals surface area (Å²) in [5.74, 6) is 3.43. The Kier molecular flexibility index (Phi) is 22.9. The molecule has 0 aliphatic carbocycles. The summed E-state index contributed by atoms with van der Waals surface area (Å²) in [5, 5.41) is 14.2. The van der Waals surface area contributed by atoms with E-state index < -0.39 is 33.3 Å². The van der Waals surface area contributed by atoms with Crippen molar-refractivity contribution < 1.29 is 17.7 Å². The monoisotopic (exact) mass is 1570 g/mol. The second-order valence-corrected chi connectivity index (χ2v) is 44.3. The molecule has 0 fully saturated rings. The minimum atomic E-state index is -3.24. The van der Waals surface area contributed by atoms with Crippen LogP contribution in [0.4, 0.5) is 0 Å². The van der Waals surface area contributed by atoms with Gasteiger partial charge in [-0.3, -0.25) is 0 Å². The fourth-order valence-corrected chi connectivity index (χ4v) is 34.0. The van der Waals surface area contributed by atoms with E-state index in [-0.39, 0.29) is 11.8 Å². The van der Waals surface area contributed by atoms with Gasteiger partial charge in [-0.25, -0.2) is 0 Å². The number of aryl methyl sites for hydroxylation is 8. The molecule has 4 nitrogen and oxygen atoms in total. The van der Waals surface area contributed by atoms with Gasteiger partial charge in [0.25, 0.3) is 0 Å². The molecule has 570 valence electrons. The van der Waals surface area contributed by atoms with Gasteiger partial charge in [0.15, 0.2) is 0 Å². The van der Waals surface area contributed by atoms with Crippen LogP contribution in [0, 0.1) is 55.4 Å². The van der Waals surface area contributed by atoms with E-state index in [0.29, 0.717) is 0 Å². The quantitative estimate of drug-likeness (QED) is 0.0380. The van der Waals surface area contributed by atoms with E-state index >= 15 is 0 Å². The van der Waals surface area contributed by atoms with Crippen molar-refractivity contribution in [3.8, 4) is 23.0 Å². The highest BCUT2D eigenvalue weighted by Gasteiger charge is 2.49. The van der Waals surface area contributed by atoms with E-state index in [4.69, 9.17) is 17.7 Å². The van der Waals surface area contributed by atoms with Crippen LogP contribution < -0.4 is 79.9 Å². The molecule has 0 heterocycles. The van der Waals surface area contributed by atoms with Gasteiger partial charge in [0.2, 0.25) is 0 Å². The van der Waals surface area contributed by atoms with Crippen molar-refractivity contribution in [1.82, 2.24) is 0 Å². The van der Waals surface area contributed by atoms with Crippen LogP contribution in [0.1, 0.15) is 91.4 Å². The van der Waals surface area contributed by atoms with Crippen molar-refractivity contribution in [2.45, 2.75) is 80.1 Å². The number of hydrogen-bond donors (Lipinski definition) is 0. The van der Waals surface area contributed by atoms with Crippen LogP contribution in [0.2, 0.25) is 0 Å². The maximum absolute atomic E-state index is 8.07. The first-order chi connectivity index (χ1) is 56.8. The molecular formula is C108H98O4Si4. The molecule has 0 atom stereocenters. The molecule has 0 N–H and O–H groups in total. The van der Waals surface area contributed by atoms with Crippen molar-refractivity contribution in [1.29, 1.82) is 0 Å². The smallest absolute Gasteiger partial charge is 0.346 e. The topological polar surface area (TPSA) is 36.9 Å². The highest BCUT2D eigenvalue weighted by atomic mass is 28.4. The average Bonchev–Trinajstić information content (AvgIpc) is 0.756. The van der Waals surface area contributed by atoms with Crippen LogP contribution in [0.5, 0.6) is 23.0 Å². The van der Waals surface area contributed by atoms with E-state index in [1.807, 2.05) is 0 Å². The Morgan fingerprint density at radius 1 is 0.164 bits per heavy atom. The lowest BCUT2D eigenvalue weighted by Crippen LogP contribution is -2.71. The molecule has 116 heavy (non-hydrogen) atoms. The van der Waals surface area contributed by atoms with Crippen LogP contribution in [0.3, 0.4) is 0 Å².